The largest absolute Gasteiger partial charge is 0.335 e. The smallest absolute Gasteiger partial charge is 0.120 e. The molecule has 3 nitrogen and oxygen atoms in total. The Kier molecular flexibility index (Phi) is 2.89. The standard InChI is InChI=1S/C10H9N3/c1-2-5-13-8-9(3-4-11)6-10(13)7-12/h2,6,8H,1,3,5H2. The zero-order valence-corrected chi connectivity index (χ0v) is 7.20. The second kappa shape index (κ2) is 4.13. The molecule has 0 aromatic carbocycles. The van der Waals surface area contributed by atoms with Gasteiger partial charge in [-0.3, -0.25) is 0 Å². The van der Waals surface area contributed by atoms with Gasteiger partial charge in [0.05, 0.1) is 12.5 Å². The minimum absolute atomic E-state index is 0.346. The van der Waals surface area contributed by atoms with Gasteiger partial charge in [-0.05, 0) is 11.6 Å². The Hall–Kier alpha value is -2.00. The highest BCUT2D eigenvalue weighted by Gasteiger charge is 2.02. The maximum Gasteiger partial charge on any atom is 0.120 e. The number of nitrogens with zero attached hydrogens (tertiary/aromatic N) is 3. The molecule has 0 N–H and O–H groups in total. The van der Waals surface area contributed by atoms with Crippen molar-refractivity contribution in [2.45, 2.75) is 13.0 Å². The quantitative estimate of drug-likeness (QED) is 0.649. The van der Waals surface area contributed by atoms with Gasteiger partial charge in [0.1, 0.15) is 11.8 Å². The molecule has 1 rings (SSSR count). The van der Waals surface area contributed by atoms with Gasteiger partial charge in [-0.25, -0.2) is 0 Å². The summed E-state index contributed by atoms with van der Waals surface area (Å²) in [4.78, 5) is 0. The predicted octanol–water partition coefficient (Wildman–Crippen LogP) is 1.61. The van der Waals surface area contributed by atoms with Gasteiger partial charge in [-0.2, -0.15) is 10.5 Å². The topological polar surface area (TPSA) is 52.5 Å². The molecule has 0 bridgehead atoms. The maximum absolute atomic E-state index is 8.74. The fourth-order valence-corrected chi connectivity index (χ4v) is 1.14. The van der Waals surface area contributed by atoms with Crippen LogP contribution in [0.2, 0.25) is 0 Å². The highest BCUT2D eigenvalue weighted by atomic mass is 15.0. The molecule has 0 atom stereocenters. The van der Waals surface area contributed by atoms with E-state index in [1.54, 1.807) is 16.7 Å². The average molecular weight is 171 g/mol. The van der Waals surface area contributed by atoms with E-state index in [1.807, 2.05) is 12.3 Å². The van der Waals surface area contributed by atoms with Crippen LogP contribution in [0.4, 0.5) is 0 Å². The first-order valence-electron chi connectivity index (χ1n) is 3.88. The Morgan fingerprint density at radius 2 is 2.31 bits per heavy atom. The summed E-state index contributed by atoms with van der Waals surface area (Å²) in [5, 5.41) is 17.2. The van der Waals surface area contributed by atoms with E-state index in [0.29, 0.717) is 18.7 Å². The van der Waals surface area contributed by atoms with Crippen LogP contribution in [0.15, 0.2) is 24.9 Å². The highest BCUT2D eigenvalue weighted by Crippen LogP contribution is 2.08. The molecule has 1 aromatic rings. The fraction of sp³-hybridized carbons (Fsp3) is 0.200. The van der Waals surface area contributed by atoms with E-state index in [4.69, 9.17) is 10.5 Å². The number of aromatic nitrogens is 1. The van der Waals surface area contributed by atoms with E-state index in [1.165, 1.54) is 0 Å². The minimum Gasteiger partial charge on any atom is -0.335 e. The molecule has 64 valence electrons. The Bertz CT molecular complexity index is 387. The third kappa shape index (κ3) is 1.98. The van der Waals surface area contributed by atoms with Gasteiger partial charge in [-0.1, -0.05) is 6.08 Å². The van der Waals surface area contributed by atoms with Crippen LogP contribution in [-0.2, 0) is 13.0 Å². The zero-order valence-electron chi connectivity index (χ0n) is 7.20. The first-order valence-corrected chi connectivity index (χ1v) is 3.88. The van der Waals surface area contributed by atoms with Crippen LogP contribution in [0.1, 0.15) is 11.3 Å². The van der Waals surface area contributed by atoms with E-state index in [-0.39, 0.29) is 0 Å². The maximum atomic E-state index is 8.74. The van der Waals surface area contributed by atoms with Crippen LogP contribution in [0.5, 0.6) is 0 Å². The molecular formula is C10H9N3. The number of hydrogen-bond donors (Lipinski definition) is 0. The van der Waals surface area contributed by atoms with E-state index in [0.717, 1.165) is 5.56 Å². The van der Waals surface area contributed by atoms with Gasteiger partial charge in [-0.15, -0.1) is 6.58 Å². The number of allylic oxidation sites excluding steroid dienone is 1. The molecule has 3 heteroatoms. The number of rotatable bonds is 3. The zero-order chi connectivity index (χ0) is 9.68. The van der Waals surface area contributed by atoms with Crippen molar-refractivity contribution in [3.8, 4) is 12.1 Å². The monoisotopic (exact) mass is 171 g/mol. The summed E-state index contributed by atoms with van der Waals surface area (Å²) in [6.07, 6.45) is 3.87. The lowest BCUT2D eigenvalue weighted by Gasteiger charge is -1.96. The molecule has 1 aromatic heterocycles. The summed E-state index contributed by atoms with van der Waals surface area (Å²) in [5.74, 6) is 0. The fourth-order valence-electron chi connectivity index (χ4n) is 1.14. The highest BCUT2D eigenvalue weighted by molar-refractivity contribution is 5.30. The van der Waals surface area contributed by atoms with E-state index in [9.17, 15) is 0 Å². The molecule has 0 radical (unpaired) electrons. The van der Waals surface area contributed by atoms with Crippen LogP contribution in [0.3, 0.4) is 0 Å². The molecule has 0 fully saturated rings. The lowest BCUT2D eigenvalue weighted by atomic mass is 10.2. The third-order valence-electron chi connectivity index (χ3n) is 1.68. The van der Waals surface area contributed by atoms with E-state index < -0.39 is 0 Å². The normalized spacial score (nSPS) is 8.77. The minimum atomic E-state index is 0.346. The Morgan fingerprint density at radius 3 is 2.85 bits per heavy atom. The van der Waals surface area contributed by atoms with Crippen LogP contribution < -0.4 is 0 Å². The van der Waals surface area contributed by atoms with Crippen molar-refractivity contribution in [3.63, 3.8) is 0 Å². The second-order valence-electron chi connectivity index (χ2n) is 2.62. The third-order valence-corrected chi connectivity index (χ3v) is 1.68. The summed E-state index contributed by atoms with van der Waals surface area (Å²) < 4.78 is 1.78. The van der Waals surface area contributed by atoms with Gasteiger partial charge in [0.2, 0.25) is 0 Å². The molecule has 0 amide bonds. The summed E-state index contributed by atoms with van der Waals surface area (Å²) in [6.45, 7) is 4.20. The summed E-state index contributed by atoms with van der Waals surface area (Å²) >= 11 is 0. The number of hydrogen-bond acceptors (Lipinski definition) is 2. The first-order chi connectivity index (χ1) is 6.31. The lowest BCUT2D eigenvalue weighted by Crippen LogP contribution is -1.95. The van der Waals surface area contributed by atoms with E-state index >= 15 is 0 Å². The summed E-state index contributed by atoms with van der Waals surface area (Å²) in [6, 6.07) is 5.84. The molecule has 0 unspecified atom stereocenters. The molecular weight excluding hydrogens is 162 g/mol. The molecule has 13 heavy (non-hydrogen) atoms. The predicted molar refractivity (Wildman–Crippen MR) is 48.7 cm³/mol. The van der Waals surface area contributed by atoms with Gasteiger partial charge >= 0.3 is 0 Å². The summed E-state index contributed by atoms with van der Waals surface area (Å²) in [7, 11) is 0. The Balaban J connectivity index is 2.99. The lowest BCUT2D eigenvalue weighted by molar-refractivity contribution is 0.815. The second-order valence-corrected chi connectivity index (χ2v) is 2.62. The van der Waals surface area contributed by atoms with Crippen molar-refractivity contribution < 1.29 is 0 Å². The Morgan fingerprint density at radius 1 is 1.54 bits per heavy atom. The molecule has 0 aliphatic carbocycles. The van der Waals surface area contributed by atoms with Crippen LogP contribution in [0, 0.1) is 22.7 Å². The molecule has 0 aliphatic rings. The van der Waals surface area contributed by atoms with Crippen molar-refractivity contribution in [2.24, 2.45) is 0 Å². The van der Waals surface area contributed by atoms with Crippen LogP contribution in [-0.4, -0.2) is 4.57 Å². The van der Waals surface area contributed by atoms with Crippen molar-refractivity contribution in [1.82, 2.24) is 4.57 Å². The van der Waals surface area contributed by atoms with Gasteiger partial charge in [0.25, 0.3) is 0 Å². The van der Waals surface area contributed by atoms with Gasteiger partial charge in [0.15, 0.2) is 0 Å². The number of nitriles is 2. The Labute approximate surface area is 77.1 Å². The molecule has 0 aliphatic heterocycles. The molecule has 0 spiro atoms. The van der Waals surface area contributed by atoms with Gasteiger partial charge in [0, 0.05) is 12.7 Å². The van der Waals surface area contributed by atoms with E-state index in [2.05, 4.69) is 12.6 Å². The molecule has 1 heterocycles. The van der Waals surface area contributed by atoms with Crippen molar-refractivity contribution in [2.75, 3.05) is 0 Å². The van der Waals surface area contributed by atoms with Crippen molar-refractivity contribution in [1.29, 1.82) is 10.5 Å². The SMILES string of the molecule is C=CCn1cc(CC#N)cc1C#N. The molecule has 0 saturated carbocycles. The van der Waals surface area contributed by atoms with Crippen LogP contribution >= 0.6 is 0 Å². The summed E-state index contributed by atoms with van der Waals surface area (Å²) in [5.41, 5.74) is 1.45. The first kappa shape index (κ1) is 9.09. The van der Waals surface area contributed by atoms with Crippen molar-refractivity contribution in [3.05, 3.63) is 36.2 Å². The van der Waals surface area contributed by atoms with Crippen molar-refractivity contribution >= 4 is 0 Å². The average Bonchev–Trinajstić information content (AvgIpc) is 2.49. The van der Waals surface area contributed by atoms with Gasteiger partial charge < -0.3 is 4.57 Å². The molecule has 0 saturated heterocycles. The van der Waals surface area contributed by atoms with Crippen LogP contribution in [0.25, 0.3) is 0 Å².